The monoisotopic (exact) mass is 427 g/mol. The van der Waals surface area contributed by atoms with E-state index in [4.69, 9.17) is 5.11 Å². The number of benzene rings is 2. The van der Waals surface area contributed by atoms with Crippen molar-refractivity contribution in [3.63, 3.8) is 0 Å². The largest absolute Gasteiger partial charge is 0.396 e. The number of hydrogen-bond acceptors (Lipinski definition) is 3. The summed E-state index contributed by atoms with van der Waals surface area (Å²) in [6, 6.07) is 12.2. The maximum atomic E-state index is 14.0. The number of carbonyl (C=O) groups excluding carboxylic acids is 1. The van der Waals surface area contributed by atoms with Crippen molar-refractivity contribution in [3.8, 4) is 0 Å². The number of allylic oxidation sites excluding steroid dienone is 2. The maximum Gasteiger partial charge on any atom is 0.224 e. The third-order valence-corrected chi connectivity index (χ3v) is 6.16. The highest BCUT2D eigenvalue weighted by atomic mass is 32.2. The predicted octanol–water partition coefficient (Wildman–Crippen LogP) is 4.17. The summed E-state index contributed by atoms with van der Waals surface area (Å²) in [5.41, 5.74) is 5.32. The van der Waals surface area contributed by atoms with Gasteiger partial charge in [0.2, 0.25) is 5.91 Å². The Morgan fingerprint density at radius 3 is 2.53 bits per heavy atom. The van der Waals surface area contributed by atoms with E-state index in [0.29, 0.717) is 13.0 Å². The quantitative estimate of drug-likeness (QED) is 0.622. The molecule has 0 spiro atoms. The van der Waals surface area contributed by atoms with Crippen molar-refractivity contribution in [1.29, 1.82) is 0 Å². The number of aliphatic hydroxyl groups is 1. The minimum Gasteiger partial charge on any atom is -0.396 e. The number of aliphatic hydroxyl groups excluding tert-OH is 1. The minimum atomic E-state index is -1.03. The van der Waals surface area contributed by atoms with Crippen LogP contribution in [0.2, 0.25) is 0 Å². The van der Waals surface area contributed by atoms with Crippen molar-refractivity contribution in [1.82, 2.24) is 5.32 Å². The molecule has 0 aliphatic heterocycles. The lowest BCUT2D eigenvalue weighted by Crippen LogP contribution is -2.24. The molecular weight excluding hydrogens is 401 g/mol. The van der Waals surface area contributed by atoms with E-state index in [9.17, 15) is 13.4 Å². The molecule has 2 aromatic carbocycles. The topological polar surface area (TPSA) is 66.4 Å². The molecule has 0 saturated carbocycles. The number of hydrogen-bond donors (Lipinski definition) is 2. The van der Waals surface area contributed by atoms with Gasteiger partial charge >= 0.3 is 0 Å². The SMILES string of the molecule is CC1=C(CC(=O)NCCCCO)c2cc(F)ccc2/C1=C/c1ccc(S(C)=O)cc1. The van der Waals surface area contributed by atoms with Crippen LogP contribution in [-0.2, 0) is 15.6 Å². The second-order valence-corrected chi connectivity index (χ2v) is 8.71. The molecule has 0 bridgehead atoms. The number of unbranched alkanes of at least 4 members (excludes halogenated alkanes) is 1. The Morgan fingerprint density at radius 1 is 1.13 bits per heavy atom. The molecule has 1 aliphatic carbocycles. The van der Waals surface area contributed by atoms with Crippen molar-refractivity contribution in [2.24, 2.45) is 0 Å². The Morgan fingerprint density at radius 2 is 1.87 bits per heavy atom. The Hall–Kier alpha value is -2.57. The fourth-order valence-corrected chi connectivity index (χ4v) is 4.11. The molecule has 1 aliphatic rings. The summed E-state index contributed by atoms with van der Waals surface area (Å²) in [5.74, 6) is -0.452. The highest BCUT2D eigenvalue weighted by Crippen LogP contribution is 2.43. The van der Waals surface area contributed by atoms with Crippen LogP contribution < -0.4 is 5.32 Å². The smallest absolute Gasteiger partial charge is 0.224 e. The second kappa shape index (κ2) is 9.96. The van der Waals surface area contributed by atoms with E-state index in [2.05, 4.69) is 5.32 Å². The first-order valence-electron chi connectivity index (χ1n) is 9.94. The summed E-state index contributed by atoms with van der Waals surface area (Å²) in [5, 5.41) is 11.7. The number of fused-ring (bicyclic) bond motifs is 1. The van der Waals surface area contributed by atoms with E-state index in [1.54, 1.807) is 12.3 Å². The molecule has 0 radical (unpaired) electrons. The van der Waals surface area contributed by atoms with Gasteiger partial charge in [-0.3, -0.25) is 9.00 Å². The lowest BCUT2D eigenvalue weighted by atomic mass is 10.0. The molecule has 4 nitrogen and oxygen atoms in total. The van der Waals surface area contributed by atoms with Gasteiger partial charge in [-0.15, -0.1) is 0 Å². The zero-order chi connectivity index (χ0) is 21.7. The first-order chi connectivity index (χ1) is 14.4. The Kier molecular flexibility index (Phi) is 7.34. The first-order valence-corrected chi connectivity index (χ1v) is 11.5. The van der Waals surface area contributed by atoms with Crippen LogP contribution in [0, 0.1) is 5.82 Å². The van der Waals surface area contributed by atoms with Gasteiger partial charge in [0, 0.05) is 35.1 Å². The third-order valence-electron chi connectivity index (χ3n) is 5.22. The van der Waals surface area contributed by atoms with Crippen LogP contribution in [0.3, 0.4) is 0 Å². The molecule has 1 unspecified atom stereocenters. The van der Waals surface area contributed by atoms with E-state index in [-0.39, 0.29) is 24.8 Å². The Balaban J connectivity index is 1.90. The lowest BCUT2D eigenvalue weighted by Gasteiger charge is -2.08. The highest BCUT2D eigenvalue weighted by Gasteiger charge is 2.25. The summed E-state index contributed by atoms with van der Waals surface area (Å²) >= 11 is 0. The van der Waals surface area contributed by atoms with Gasteiger partial charge in [-0.05, 0) is 83.5 Å². The fourth-order valence-electron chi connectivity index (χ4n) is 3.59. The summed E-state index contributed by atoms with van der Waals surface area (Å²) in [6.07, 6.45) is 5.19. The van der Waals surface area contributed by atoms with E-state index in [1.807, 2.05) is 37.3 Å². The highest BCUT2D eigenvalue weighted by molar-refractivity contribution is 7.84. The number of carbonyl (C=O) groups is 1. The van der Waals surface area contributed by atoms with Gasteiger partial charge in [0.1, 0.15) is 5.82 Å². The lowest BCUT2D eigenvalue weighted by molar-refractivity contribution is -0.120. The zero-order valence-corrected chi connectivity index (χ0v) is 18.0. The minimum absolute atomic E-state index is 0.107. The van der Waals surface area contributed by atoms with E-state index >= 15 is 0 Å². The standard InChI is InChI=1S/C24H26FNO3S/c1-16-21(13-17-5-8-19(9-6-17)30(2)29)20-10-7-18(25)14-23(20)22(16)15-24(28)26-11-3-4-12-27/h5-10,13-14,27H,3-4,11-12,15H2,1-2H3,(H,26,28)/b21-13+. The average molecular weight is 428 g/mol. The van der Waals surface area contributed by atoms with E-state index in [0.717, 1.165) is 44.7 Å². The van der Waals surface area contributed by atoms with Crippen LogP contribution in [0.15, 0.2) is 52.9 Å². The summed E-state index contributed by atoms with van der Waals surface area (Å²) in [4.78, 5) is 13.2. The molecule has 0 heterocycles. The Labute approximate surface area is 179 Å². The van der Waals surface area contributed by atoms with Crippen LogP contribution in [-0.4, -0.2) is 34.6 Å². The van der Waals surface area contributed by atoms with Crippen LogP contribution in [0.1, 0.15) is 42.9 Å². The van der Waals surface area contributed by atoms with E-state index in [1.165, 1.54) is 12.1 Å². The van der Waals surface area contributed by atoms with Gasteiger partial charge in [-0.25, -0.2) is 4.39 Å². The van der Waals surface area contributed by atoms with Crippen LogP contribution in [0.5, 0.6) is 0 Å². The molecule has 0 aromatic heterocycles. The van der Waals surface area contributed by atoms with Crippen molar-refractivity contribution in [3.05, 3.63) is 70.5 Å². The van der Waals surface area contributed by atoms with Gasteiger partial charge in [0.05, 0.1) is 6.42 Å². The fraction of sp³-hybridized carbons (Fsp3) is 0.292. The molecule has 158 valence electrons. The average Bonchev–Trinajstić information content (AvgIpc) is 2.97. The molecule has 30 heavy (non-hydrogen) atoms. The van der Waals surface area contributed by atoms with Crippen LogP contribution in [0.25, 0.3) is 17.2 Å². The van der Waals surface area contributed by atoms with Crippen LogP contribution >= 0.6 is 0 Å². The zero-order valence-electron chi connectivity index (χ0n) is 17.2. The third kappa shape index (κ3) is 5.12. The summed E-state index contributed by atoms with van der Waals surface area (Å²) in [7, 11) is -1.03. The van der Waals surface area contributed by atoms with Crippen molar-refractivity contribution in [2.75, 3.05) is 19.4 Å². The van der Waals surface area contributed by atoms with Gasteiger partial charge in [-0.2, -0.15) is 0 Å². The second-order valence-electron chi connectivity index (χ2n) is 7.33. The molecule has 2 N–H and O–H groups in total. The number of rotatable bonds is 8. The van der Waals surface area contributed by atoms with Gasteiger partial charge < -0.3 is 10.4 Å². The summed E-state index contributed by atoms with van der Waals surface area (Å²) < 4.78 is 25.6. The molecular formula is C24H26FNO3S. The molecule has 0 saturated heterocycles. The van der Waals surface area contributed by atoms with Gasteiger partial charge in [-0.1, -0.05) is 18.2 Å². The first kappa shape index (κ1) is 22.1. The normalized spacial score (nSPS) is 15.4. The predicted molar refractivity (Wildman–Crippen MR) is 120 cm³/mol. The Bertz CT molecular complexity index is 1030. The van der Waals surface area contributed by atoms with Crippen molar-refractivity contribution >= 4 is 33.9 Å². The number of amides is 1. The molecule has 2 aromatic rings. The van der Waals surface area contributed by atoms with Crippen molar-refractivity contribution in [2.45, 2.75) is 31.1 Å². The number of nitrogens with one attached hydrogen (secondary N) is 1. The molecule has 1 amide bonds. The molecule has 0 fully saturated rings. The molecule has 3 rings (SSSR count). The molecule has 1 atom stereocenters. The van der Waals surface area contributed by atoms with Crippen molar-refractivity contribution < 1.29 is 18.5 Å². The number of halogens is 1. The van der Waals surface area contributed by atoms with Gasteiger partial charge in [0.15, 0.2) is 0 Å². The van der Waals surface area contributed by atoms with Gasteiger partial charge in [0.25, 0.3) is 0 Å². The van der Waals surface area contributed by atoms with Crippen LogP contribution in [0.4, 0.5) is 4.39 Å². The summed E-state index contributed by atoms with van der Waals surface area (Å²) in [6.45, 7) is 2.57. The molecule has 6 heteroatoms. The maximum absolute atomic E-state index is 14.0. The van der Waals surface area contributed by atoms with E-state index < -0.39 is 10.8 Å².